The van der Waals surface area contributed by atoms with E-state index >= 15 is 0 Å². The number of nitrogens with one attached hydrogen (secondary N) is 1. The van der Waals surface area contributed by atoms with Gasteiger partial charge in [0, 0.05) is 18.9 Å². The van der Waals surface area contributed by atoms with Crippen molar-refractivity contribution in [1.82, 2.24) is 5.32 Å². The van der Waals surface area contributed by atoms with Gasteiger partial charge in [0.2, 0.25) is 5.91 Å². The van der Waals surface area contributed by atoms with Gasteiger partial charge in [0.25, 0.3) is 0 Å². The molecule has 1 rings (SSSR count). The van der Waals surface area contributed by atoms with Crippen LogP contribution in [0, 0.1) is 17.8 Å². The van der Waals surface area contributed by atoms with Crippen LogP contribution in [-0.2, 0) is 9.59 Å². The first-order valence-corrected chi connectivity index (χ1v) is 7.99. The lowest BCUT2D eigenvalue weighted by molar-refractivity contribution is -0.145. The minimum absolute atomic E-state index is 0.0998. The highest BCUT2D eigenvalue weighted by Crippen LogP contribution is 2.39. The topological polar surface area (TPSA) is 151 Å². The summed E-state index contributed by atoms with van der Waals surface area (Å²) in [7, 11) is 0. The maximum Gasteiger partial charge on any atom is 0.309 e. The van der Waals surface area contributed by atoms with Crippen LogP contribution in [0.25, 0.3) is 0 Å². The third-order valence-electron chi connectivity index (χ3n) is 4.72. The molecule has 0 aromatic heterocycles. The summed E-state index contributed by atoms with van der Waals surface area (Å²) in [6.45, 7) is 5.39. The molecule has 0 aromatic carbocycles. The van der Waals surface area contributed by atoms with Crippen LogP contribution in [0.3, 0.4) is 0 Å². The average Bonchev–Trinajstić information content (AvgIpc) is 2.74. The highest BCUT2D eigenvalue weighted by atomic mass is 16.4. The number of rotatable bonds is 7. The van der Waals surface area contributed by atoms with E-state index in [1.54, 1.807) is 0 Å². The average molecular weight is 328 g/mol. The Kier molecular flexibility index (Phi) is 6.80. The van der Waals surface area contributed by atoms with Crippen LogP contribution in [0.15, 0.2) is 4.99 Å². The van der Waals surface area contributed by atoms with Crippen molar-refractivity contribution in [3.05, 3.63) is 0 Å². The minimum atomic E-state index is -1.11. The van der Waals surface area contributed by atoms with Gasteiger partial charge in [0.15, 0.2) is 5.96 Å². The van der Waals surface area contributed by atoms with Crippen LogP contribution in [0.1, 0.15) is 40.0 Å². The summed E-state index contributed by atoms with van der Waals surface area (Å²) in [6.07, 6.45) is 0.612. The van der Waals surface area contributed by atoms with E-state index in [-0.39, 0.29) is 30.2 Å². The van der Waals surface area contributed by atoms with Crippen molar-refractivity contribution in [2.24, 2.45) is 34.2 Å². The fourth-order valence-electron chi connectivity index (χ4n) is 3.64. The van der Waals surface area contributed by atoms with Gasteiger partial charge in [-0.05, 0) is 12.3 Å². The van der Waals surface area contributed by atoms with E-state index in [0.29, 0.717) is 0 Å². The lowest BCUT2D eigenvalue weighted by Gasteiger charge is -2.35. The Balaban J connectivity index is 3.23. The first kappa shape index (κ1) is 19.2. The number of carboxylic acid groups (broad SMARTS) is 1. The molecule has 5 atom stereocenters. The van der Waals surface area contributed by atoms with E-state index < -0.39 is 30.0 Å². The fourth-order valence-corrected chi connectivity index (χ4v) is 3.64. The Labute approximate surface area is 136 Å². The highest BCUT2D eigenvalue weighted by Gasteiger charge is 2.50. The Morgan fingerprint density at radius 2 is 1.87 bits per heavy atom. The lowest BCUT2D eigenvalue weighted by atomic mass is 9.80. The molecule has 0 aliphatic heterocycles. The summed E-state index contributed by atoms with van der Waals surface area (Å²) in [4.78, 5) is 27.1. The number of amides is 1. The monoisotopic (exact) mass is 328 g/mol. The van der Waals surface area contributed by atoms with E-state index in [0.717, 1.165) is 12.8 Å². The number of nitrogens with two attached hydrogens (primary N) is 2. The van der Waals surface area contributed by atoms with Gasteiger partial charge in [-0.3, -0.25) is 9.59 Å². The van der Waals surface area contributed by atoms with Crippen LogP contribution in [-0.4, -0.2) is 46.2 Å². The Morgan fingerprint density at radius 3 is 2.26 bits per heavy atom. The van der Waals surface area contributed by atoms with E-state index in [2.05, 4.69) is 10.3 Å². The molecule has 8 heteroatoms. The molecule has 0 radical (unpaired) electrons. The highest BCUT2D eigenvalue weighted by molar-refractivity contribution is 5.76. The summed E-state index contributed by atoms with van der Waals surface area (Å²) in [5, 5.41) is 22.7. The molecule has 8 nitrogen and oxygen atoms in total. The molecule has 1 amide bonds. The van der Waals surface area contributed by atoms with E-state index in [1.165, 1.54) is 6.92 Å². The Bertz CT molecular complexity index is 460. The predicted molar refractivity (Wildman–Crippen MR) is 86.5 cm³/mol. The number of carbonyl (C=O) groups excluding carboxylic acids is 1. The Hall–Kier alpha value is -1.83. The number of aliphatic carboxylic acids is 1. The van der Waals surface area contributed by atoms with Gasteiger partial charge in [0.05, 0.1) is 18.1 Å². The number of guanidine groups is 1. The number of aliphatic hydroxyl groups is 1. The maximum atomic E-state index is 11.6. The third kappa shape index (κ3) is 4.57. The minimum Gasteiger partial charge on any atom is -0.481 e. The summed E-state index contributed by atoms with van der Waals surface area (Å²) < 4.78 is 0. The molecule has 23 heavy (non-hydrogen) atoms. The summed E-state index contributed by atoms with van der Waals surface area (Å²) in [5.74, 6) is -2.84. The molecule has 0 saturated heterocycles. The molecule has 0 aromatic rings. The van der Waals surface area contributed by atoms with E-state index in [9.17, 15) is 19.8 Å². The van der Waals surface area contributed by atoms with Gasteiger partial charge in [-0.2, -0.15) is 0 Å². The van der Waals surface area contributed by atoms with Gasteiger partial charge in [0.1, 0.15) is 0 Å². The zero-order chi connectivity index (χ0) is 17.7. The van der Waals surface area contributed by atoms with Crippen molar-refractivity contribution in [2.45, 2.75) is 58.2 Å². The summed E-state index contributed by atoms with van der Waals surface area (Å²) in [5.41, 5.74) is 10.9. The standard InChI is InChI=1S/C15H28N4O4/c1-4-8(5-2)12(18-7(3)20)11-10(19-15(16)17)6-9(13(11)21)14(22)23/h8-13,21H,4-6H2,1-3H3,(H,18,20)(H,22,23)(H4,16,17,19)/t9-,10+,11?,12?,13?/m0/s1. The van der Waals surface area contributed by atoms with Gasteiger partial charge in [-0.15, -0.1) is 0 Å². The van der Waals surface area contributed by atoms with Crippen molar-refractivity contribution >= 4 is 17.8 Å². The molecule has 0 heterocycles. The van der Waals surface area contributed by atoms with Gasteiger partial charge in [-0.25, -0.2) is 4.99 Å². The van der Waals surface area contributed by atoms with Crippen molar-refractivity contribution in [1.29, 1.82) is 0 Å². The molecular weight excluding hydrogens is 300 g/mol. The lowest BCUT2D eigenvalue weighted by Crippen LogP contribution is -2.51. The van der Waals surface area contributed by atoms with E-state index in [4.69, 9.17) is 11.5 Å². The number of carboxylic acids is 1. The predicted octanol–water partition coefficient (Wildman–Crippen LogP) is -0.349. The quantitative estimate of drug-likeness (QED) is 0.318. The second-order valence-corrected chi connectivity index (χ2v) is 6.17. The van der Waals surface area contributed by atoms with Gasteiger partial charge >= 0.3 is 5.97 Å². The molecule has 132 valence electrons. The van der Waals surface area contributed by atoms with Crippen molar-refractivity contribution < 1.29 is 19.8 Å². The molecule has 7 N–H and O–H groups in total. The van der Waals surface area contributed by atoms with Crippen molar-refractivity contribution in [2.75, 3.05) is 0 Å². The molecule has 0 spiro atoms. The van der Waals surface area contributed by atoms with Gasteiger partial charge in [-0.1, -0.05) is 26.7 Å². The van der Waals surface area contributed by atoms with Crippen LogP contribution >= 0.6 is 0 Å². The smallest absolute Gasteiger partial charge is 0.309 e. The first-order valence-electron chi connectivity index (χ1n) is 7.99. The number of aliphatic hydroxyl groups excluding tert-OH is 1. The fraction of sp³-hybridized carbons (Fsp3) is 0.800. The number of nitrogens with zero attached hydrogens (tertiary/aromatic N) is 1. The molecule has 1 aliphatic rings. The number of hydrogen-bond acceptors (Lipinski definition) is 4. The molecule has 0 bridgehead atoms. The number of hydrogen-bond donors (Lipinski definition) is 5. The number of aliphatic imine (C=N–C) groups is 1. The van der Waals surface area contributed by atoms with E-state index in [1.807, 2.05) is 13.8 Å². The van der Waals surface area contributed by atoms with Crippen LogP contribution in [0.2, 0.25) is 0 Å². The normalized spacial score (nSPS) is 28.4. The largest absolute Gasteiger partial charge is 0.481 e. The third-order valence-corrected chi connectivity index (χ3v) is 4.72. The zero-order valence-corrected chi connectivity index (χ0v) is 13.9. The summed E-state index contributed by atoms with van der Waals surface area (Å²) in [6, 6.07) is -0.913. The molecule has 1 saturated carbocycles. The molecule has 3 unspecified atom stereocenters. The SMILES string of the molecule is CCC(CC)C(NC(C)=O)C1C(O)[C@@H](C(=O)O)C[C@H]1N=C(N)N. The first-order chi connectivity index (χ1) is 10.7. The summed E-state index contributed by atoms with van der Waals surface area (Å²) >= 11 is 0. The van der Waals surface area contributed by atoms with Crippen molar-refractivity contribution in [3.63, 3.8) is 0 Å². The van der Waals surface area contributed by atoms with Gasteiger partial charge < -0.3 is 27.0 Å². The Morgan fingerprint density at radius 1 is 1.30 bits per heavy atom. The molecule has 1 aliphatic carbocycles. The second kappa shape index (κ2) is 8.14. The van der Waals surface area contributed by atoms with Crippen molar-refractivity contribution in [3.8, 4) is 0 Å². The number of carbonyl (C=O) groups is 2. The second-order valence-electron chi connectivity index (χ2n) is 6.17. The molecular formula is C15H28N4O4. The van der Waals surface area contributed by atoms with Crippen LogP contribution in [0.4, 0.5) is 0 Å². The van der Waals surface area contributed by atoms with Crippen LogP contribution in [0.5, 0.6) is 0 Å². The maximum absolute atomic E-state index is 11.6. The molecule has 1 fully saturated rings. The van der Waals surface area contributed by atoms with Crippen LogP contribution < -0.4 is 16.8 Å². The zero-order valence-electron chi connectivity index (χ0n) is 13.9.